The van der Waals surface area contributed by atoms with E-state index < -0.39 is 5.97 Å². The Hall–Kier alpha value is -2.35. The van der Waals surface area contributed by atoms with Crippen molar-refractivity contribution in [3.05, 3.63) is 22.5 Å². The van der Waals surface area contributed by atoms with Gasteiger partial charge in [0.25, 0.3) is 5.91 Å². The second kappa shape index (κ2) is 11.5. The van der Waals surface area contributed by atoms with Crippen LogP contribution in [0.25, 0.3) is 0 Å². The Morgan fingerprint density at radius 2 is 1.75 bits per heavy atom. The van der Waals surface area contributed by atoms with E-state index in [0.29, 0.717) is 47.9 Å². The van der Waals surface area contributed by atoms with Crippen LogP contribution in [0.5, 0.6) is 0 Å². The number of amides is 2. The summed E-state index contributed by atoms with van der Waals surface area (Å²) in [6.07, 6.45) is 7.09. The fourth-order valence-corrected chi connectivity index (χ4v) is 4.92. The fraction of sp³-hybridized carbons (Fsp3) is 0.708. The minimum Gasteiger partial charge on any atom is -0.465 e. The number of nitrogens with one attached hydrogen (secondary N) is 2. The number of aromatic nitrogens is 1. The Morgan fingerprint density at radius 3 is 2.41 bits per heavy atom. The monoisotopic (exact) mass is 446 g/mol. The number of likely N-dealkylation sites (tertiary alicyclic amines) is 2. The van der Waals surface area contributed by atoms with Gasteiger partial charge in [-0.3, -0.25) is 9.59 Å². The smallest absolute Gasteiger partial charge is 0.339 e. The largest absolute Gasteiger partial charge is 0.465 e. The van der Waals surface area contributed by atoms with E-state index in [1.165, 1.54) is 39.5 Å². The first-order chi connectivity index (χ1) is 15.4. The quantitative estimate of drug-likeness (QED) is 0.473. The molecule has 2 aliphatic heterocycles. The highest BCUT2D eigenvalue weighted by Gasteiger charge is 2.29. The van der Waals surface area contributed by atoms with Crippen molar-refractivity contribution in [2.45, 2.75) is 58.8 Å². The predicted octanol–water partition coefficient (Wildman–Crippen LogP) is 2.65. The van der Waals surface area contributed by atoms with Crippen molar-refractivity contribution in [3.63, 3.8) is 0 Å². The van der Waals surface area contributed by atoms with E-state index in [1.54, 1.807) is 13.8 Å². The Kier molecular flexibility index (Phi) is 8.73. The molecule has 1 aromatic rings. The minimum atomic E-state index is -0.434. The Balaban J connectivity index is 1.39. The molecule has 3 heterocycles. The third-order valence-corrected chi connectivity index (χ3v) is 6.84. The highest BCUT2D eigenvalue weighted by Crippen LogP contribution is 2.25. The first-order valence-electron chi connectivity index (χ1n) is 12.0. The van der Waals surface area contributed by atoms with Crippen LogP contribution < -0.4 is 5.32 Å². The van der Waals surface area contributed by atoms with Gasteiger partial charge < -0.3 is 24.8 Å². The second-order valence-corrected chi connectivity index (χ2v) is 9.16. The summed E-state index contributed by atoms with van der Waals surface area (Å²) in [5, 5.41) is 3.07. The molecule has 3 rings (SSSR count). The Bertz CT molecular complexity index is 805. The molecule has 0 unspecified atom stereocenters. The predicted molar refractivity (Wildman–Crippen MR) is 123 cm³/mol. The first-order valence-corrected chi connectivity index (χ1v) is 12.0. The van der Waals surface area contributed by atoms with Gasteiger partial charge in [0.1, 0.15) is 5.69 Å². The standard InChI is InChI=1S/C24H38N4O4/c1-17-21(24(31)32-3)18(2)26-22(17)23(30)28-14-8-19(9-15-28)16-20(29)25-10-7-13-27-11-5-4-6-12-27/h19,26H,4-16H2,1-3H3,(H,25,29). The number of H-pyrrole nitrogens is 1. The lowest BCUT2D eigenvalue weighted by atomic mass is 9.93. The van der Waals surface area contributed by atoms with Gasteiger partial charge in [0.15, 0.2) is 0 Å². The molecule has 0 bridgehead atoms. The normalized spacial score (nSPS) is 17.9. The molecule has 0 aromatic carbocycles. The van der Waals surface area contributed by atoms with Gasteiger partial charge in [-0.05, 0) is 77.1 Å². The topological polar surface area (TPSA) is 94.7 Å². The number of rotatable bonds is 8. The number of carbonyl (C=O) groups is 3. The average Bonchev–Trinajstić information content (AvgIpc) is 3.10. The SMILES string of the molecule is COC(=O)c1c(C)[nH]c(C(=O)N2CCC(CC(=O)NCCCN3CCCCC3)CC2)c1C. The minimum absolute atomic E-state index is 0.0960. The number of methoxy groups -OCH3 is 1. The van der Waals surface area contributed by atoms with Crippen LogP contribution in [-0.4, -0.2) is 78.9 Å². The summed E-state index contributed by atoms with van der Waals surface area (Å²) < 4.78 is 4.83. The van der Waals surface area contributed by atoms with E-state index in [0.717, 1.165) is 32.4 Å². The van der Waals surface area contributed by atoms with Crippen LogP contribution in [0.3, 0.4) is 0 Å². The zero-order valence-electron chi connectivity index (χ0n) is 19.8. The second-order valence-electron chi connectivity index (χ2n) is 9.16. The molecule has 2 N–H and O–H groups in total. The van der Waals surface area contributed by atoms with Gasteiger partial charge in [-0.2, -0.15) is 0 Å². The molecule has 0 spiro atoms. The molecule has 1 aromatic heterocycles. The van der Waals surface area contributed by atoms with Gasteiger partial charge in [0, 0.05) is 31.7 Å². The van der Waals surface area contributed by atoms with E-state index in [-0.39, 0.29) is 11.8 Å². The van der Waals surface area contributed by atoms with Crippen molar-refractivity contribution in [1.29, 1.82) is 0 Å². The lowest BCUT2D eigenvalue weighted by Crippen LogP contribution is -2.40. The van der Waals surface area contributed by atoms with Crippen LogP contribution in [0.1, 0.15) is 77.0 Å². The van der Waals surface area contributed by atoms with Crippen molar-refractivity contribution in [3.8, 4) is 0 Å². The number of hydrogen-bond donors (Lipinski definition) is 2. The summed E-state index contributed by atoms with van der Waals surface area (Å²) >= 11 is 0. The van der Waals surface area contributed by atoms with Crippen molar-refractivity contribution in [2.24, 2.45) is 5.92 Å². The number of aryl methyl sites for hydroxylation is 1. The molecule has 0 atom stereocenters. The third kappa shape index (κ3) is 6.12. The average molecular weight is 447 g/mol. The Morgan fingerprint density at radius 1 is 1.06 bits per heavy atom. The van der Waals surface area contributed by atoms with Gasteiger partial charge >= 0.3 is 5.97 Å². The number of esters is 1. The number of hydrogen-bond acceptors (Lipinski definition) is 5. The van der Waals surface area contributed by atoms with E-state index in [2.05, 4.69) is 15.2 Å². The van der Waals surface area contributed by atoms with Crippen molar-refractivity contribution in [1.82, 2.24) is 20.1 Å². The molecule has 2 fully saturated rings. The highest BCUT2D eigenvalue weighted by molar-refractivity contribution is 6.00. The molecule has 2 saturated heterocycles. The molecule has 2 aliphatic rings. The van der Waals surface area contributed by atoms with Crippen LogP contribution in [0.15, 0.2) is 0 Å². The van der Waals surface area contributed by atoms with E-state index in [9.17, 15) is 14.4 Å². The maximum atomic E-state index is 13.0. The van der Waals surface area contributed by atoms with E-state index in [4.69, 9.17) is 4.74 Å². The van der Waals surface area contributed by atoms with Crippen LogP contribution in [0, 0.1) is 19.8 Å². The van der Waals surface area contributed by atoms with Gasteiger partial charge in [-0.1, -0.05) is 6.42 Å². The van der Waals surface area contributed by atoms with Crippen LogP contribution >= 0.6 is 0 Å². The lowest BCUT2D eigenvalue weighted by molar-refractivity contribution is -0.122. The summed E-state index contributed by atoms with van der Waals surface area (Å²) in [5.41, 5.74) is 2.16. The van der Waals surface area contributed by atoms with Gasteiger partial charge in [-0.15, -0.1) is 0 Å². The van der Waals surface area contributed by atoms with E-state index in [1.807, 2.05) is 4.90 Å². The van der Waals surface area contributed by atoms with Gasteiger partial charge in [0.2, 0.25) is 5.91 Å². The summed E-state index contributed by atoms with van der Waals surface area (Å²) in [5.74, 6) is -0.109. The number of piperidine rings is 2. The molecular formula is C24H38N4O4. The van der Waals surface area contributed by atoms with Gasteiger partial charge in [0.05, 0.1) is 12.7 Å². The number of ether oxygens (including phenoxy) is 1. The van der Waals surface area contributed by atoms with Crippen molar-refractivity contribution < 1.29 is 19.1 Å². The van der Waals surface area contributed by atoms with Crippen LogP contribution in [0.4, 0.5) is 0 Å². The maximum Gasteiger partial charge on any atom is 0.339 e. The first kappa shape index (κ1) is 24.3. The number of carbonyl (C=O) groups excluding carboxylic acids is 3. The molecule has 0 aliphatic carbocycles. The molecule has 0 radical (unpaired) electrons. The van der Waals surface area contributed by atoms with Crippen molar-refractivity contribution >= 4 is 17.8 Å². The Labute approximate surface area is 191 Å². The third-order valence-electron chi connectivity index (χ3n) is 6.84. The summed E-state index contributed by atoms with van der Waals surface area (Å²) in [6.45, 7) is 8.97. The summed E-state index contributed by atoms with van der Waals surface area (Å²) in [6, 6.07) is 0. The van der Waals surface area contributed by atoms with Gasteiger partial charge in [-0.25, -0.2) is 4.79 Å². The summed E-state index contributed by atoms with van der Waals surface area (Å²) in [7, 11) is 1.34. The van der Waals surface area contributed by atoms with Crippen molar-refractivity contribution in [2.75, 3.05) is 46.4 Å². The molecular weight excluding hydrogens is 408 g/mol. The molecule has 0 saturated carbocycles. The maximum absolute atomic E-state index is 13.0. The van der Waals surface area contributed by atoms with Crippen LogP contribution in [0.2, 0.25) is 0 Å². The van der Waals surface area contributed by atoms with Crippen LogP contribution in [-0.2, 0) is 9.53 Å². The number of aromatic amines is 1. The molecule has 8 nitrogen and oxygen atoms in total. The zero-order chi connectivity index (χ0) is 23.1. The fourth-order valence-electron chi connectivity index (χ4n) is 4.92. The summed E-state index contributed by atoms with van der Waals surface area (Å²) in [4.78, 5) is 44.7. The zero-order valence-corrected chi connectivity index (χ0v) is 19.8. The molecule has 178 valence electrons. The van der Waals surface area contributed by atoms with E-state index >= 15 is 0 Å². The molecule has 32 heavy (non-hydrogen) atoms. The number of nitrogens with zero attached hydrogens (tertiary/aromatic N) is 2. The molecule has 2 amide bonds. The molecule has 8 heteroatoms. The highest BCUT2D eigenvalue weighted by atomic mass is 16.5. The lowest BCUT2D eigenvalue weighted by Gasteiger charge is -2.31.